The zero-order valence-electron chi connectivity index (χ0n) is 37.0. The summed E-state index contributed by atoms with van der Waals surface area (Å²) >= 11 is 17.5. The van der Waals surface area contributed by atoms with Gasteiger partial charge in [-0.1, -0.05) is 34.8 Å². The zero-order valence-corrected chi connectivity index (χ0v) is 40.9. The van der Waals surface area contributed by atoms with Crippen LogP contribution in [0, 0.1) is 53.1 Å². The minimum Gasteiger partial charge on any atom is -0.491 e. The van der Waals surface area contributed by atoms with E-state index < -0.39 is 56.0 Å². The monoisotopic (exact) mass is 1050 g/mol. The van der Waals surface area contributed by atoms with Gasteiger partial charge in [0.1, 0.15) is 65.3 Å². The Balaban J connectivity index is 0.000000173. The molecule has 7 heterocycles. The number of aromatic nitrogens is 2. The van der Waals surface area contributed by atoms with E-state index >= 15 is 0 Å². The second kappa shape index (κ2) is 21.4. The van der Waals surface area contributed by atoms with Crippen LogP contribution in [0.5, 0.6) is 11.5 Å². The van der Waals surface area contributed by atoms with E-state index in [1.807, 2.05) is 25.4 Å². The summed E-state index contributed by atoms with van der Waals surface area (Å²) in [6.45, 7) is 8.69. The third-order valence-corrected chi connectivity index (χ3v) is 14.9. The molecule has 4 N–H and O–H groups in total. The van der Waals surface area contributed by atoms with Crippen LogP contribution in [0.3, 0.4) is 0 Å². The van der Waals surface area contributed by atoms with Crippen molar-refractivity contribution in [2.24, 2.45) is 11.8 Å². The summed E-state index contributed by atoms with van der Waals surface area (Å²) in [7, 11) is -8.54. The standard InChI is InChI=1S/C19H18ClFN4O4S.C18H15Cl2FN4O4S.C3H9B3O3/c1-10-2-12(3-18(23-10)25-7-11(6-22)8-25)30(27,28)24-16-9-29-17-5-15(21)14(20)4-13(17)19(16)26;19-12-3-11-15(4-13(12)21)29-8-14(18(11)26)24-30(27,28)10-1-16(20)23-17(2-10)25-6-9(5-22)7-25;1-4-7-5(2)9-6(3)8-4/h2-5,11,16,19,24,26H,7-9H2,1H3;1-4,9,14,18,24,26H,6-8H2;1-3H3/t16-,19+;14-,18+;/m11./s1. The normalized spacial score (nSPS) is 21.3. The summed E-state index contributed by atoms with van der Waals surface area (Å²) in [5.74, 6) is -0.619. The van der Waals surface area contributed by atoms with Gasteiger partial charge >= 0.3 is 21.4 Å². The fraction of sp³-hybridized carbons (Fsp3) is 0.400. The Bertz CT molecular complexity index is 2700. The number of aliphatic hydroxyl groups is 2. The van der Waals surface area contributed by atoms with E-state index in [0.717, 1.165) is 12.1 Å². The molecule has 2 aromatic carbocycles. The summed E-state index contributed by atoms with van der Waals surface area (Å²) in [4.78, 5) is 11.9. The molecule has 0 amide bonds. The second-order valence-corrected chi connectivity index (χ2v) is 21.1. The number of nitriles is 2. The number of hydrogen-bond donors (Lipinski definition) is 4. The number of sulfonamides is 2. The van der Waals surface area contributed by atoms with E-state index in [4.69, 9.17) is 68.5 Å². The van der Waals surface area contributed by atoms with Crippen LogP contribution >= 0.6 is 34.8 Å². The smallest absolute Gasteiger partial charge is 0.426 e. The second-order valence-electron chi connectivity index (χ2n) is 16.4. The maximum absolute atomic E-state index is 13.6. The molecule has 0 bridgehead atoms. The minimum absolute atomic E-state index is 0.0134. The number of fused-ring (bicyclic) bond motifs is 2. The average Bonchev–Trinajstić information content (AvgIpc) is 3.23. The first kappa shape index (κ1) is 52.3. The topological polar surface area (TPSA) is 259 Å². The number of pyridine rings is 2. The van der Waals surface area contributed by atoms with Crippen LogP contribution in [-0.2, 0) is 33.8 Å². The molecule has 0 radical (unpaired) electrons. The third kappa shape index (κ3) is 12.3. The summed E-state index contributed by atoms with van der Waals surface area (Å²) in [5, 5.41) is 38.6. The lowest BCUT2D eigenvalue weighted by Crippen LogP contribution is -2.47. The van der Waals surface area contributed by atoms with Gasteiger partial charge in [-0.05, 0) is 51.7 Å². The zero-order chi connectivity index (χ0) is 50.1. The average molecular weight is 1050 g/mol. The minimum atomic E-state index is -4.11. The molecule has 0 spiro atoms. The van der Waals surface area contributed by atoms with E-state index in [-0.39, 0.29) is 94.0 Å². The maximum Gasteiger partial charge on any atom is 0.426 e. The van der Waals surface area contributed by atoms with Crippen LogP contribution in [-0.4, -0.2) is 110 Å². The highest BCUT2D eigenvalue weighted by Crippen LogP contribution is 2.38. The number of hydrogen-bond acceptors (Lipinski definition) is 17. The van der Waals surface area contributed by atoms with Crippen molar-refractivity contribution in [2.75, 3.05) is 49.2 Å². The van der Waals surface area contributed by atoms with Gasteiger partial charge in [-0.3, -0.25) is 0 Å². The summed E-state index contributed by atoms with van der Waals surface area (Å²) in [5.41, 5.74) is 0.883. The predicted molar refractivity (Wildman–Crippen MR) is 251 cm³/mol. The van der Waals surface area contributed by atoms with Gasteiger partial charge in [0.05, 0.1) is 55.9 Å². The molecule has 19 nitrogen and oxygen atoms in total. The van der Waals surface area contributed by atoms with Crippen molar-refractivity contribution in [3.63, 3.8) is 0 Å². The Morgan fingerprint density at radius 1 is 0.667 bits per heavy atom. The van der Waals surface area contributed by atoms with E-state index in [0.29, 0.717) is 43.5 Å². The van der Waals surface area contributed by atoms with Crippen molar-refractivity contribution in [3.05, 3.63) is 92.2 Å². The molecule has 0 unspecified atom stereocenters. The van der Waals surface area contributed by atoms with Crippen molar-refractivity contribution in [2.45, 2.75) is 61.5 Å². The number of benzene rings is 2. The van der Waals surface area contributed by atoms with Crippen molar-refractivity contribution in [1.29, 1.82) is 10.5 Å². The molecule has 69 heavy (non-hydrogen) atoms. The quantitative estimate of drug-likeness (QED) is 0.139. The van der Waals surface area contributed by atoms with Gasteiger partial charge in [0.2, 0.25) is 20.0 Å². The van der Waals surface area contributed by atoms with Gasteiger partial charge in [-0.25, -0.2) is 45.0 Å². The number of anilines is 2. The molecule has 5 aliphatic rings. The molecule has 4 aromatic rings. The molecule has 0 saturated carbocycles. The van der Waals surface area contributed by atoms with Crippen molar-refractivity contribution in [3.8, 4) is 23.6 Å². The van der Waals surface area contributed by atoms with Crippen molar-refractivity contribution >= 4 is 87.8 Å². The molecule has 0 aliphatic carbocycles. The van der Waals surface area contributed by atoms with Gasteiger partial charge in [0.25, 0.3) is 0 Å². The number of nitrogens with one attached hydrogen (secondary N) is 2. The first-order valence-electron chi connectivity index (χ1n) is 21.1. The Labute approximate surface area is 413 Å². The van der Waals surface area contributed by atoms with Crippen LogP contribution in [0.1, 0.15) is 29.0 Å². The fourth-order valence-corrected chi connectivity index (χ4v) is 10.8. The van der Waals surface area contributed by atoms with Gasteiger partial charge in [-0.15, -0.1) is 0 Å². The molecule has 364 valence electrons. The van der Waals surface area contributed by atoms with Crippen molar-refractivity contribution in [1.82, 2.24) is 19.4 Å². The summed E-state index contributed by atoms with van der Waals surface area (Å²) < 4.78 is 110. The molecule has 5 aliphatic heterocycles. The number of ether oxygens (including phenoxy) is 2. The lowest BCUT2D eigenvalue weighted by molar-refractivity contribution is 0.0835. The Morgan fingerprint density at radius 2 is 1.06 bits per heavy atom. The van der Waals surface area contributed by atoms with Crippen LogP contribution in [0.4, 0.5) is 20.4 Å². The molecule has 2 aromatic heterocycles. The molecule has 3 saturated heterocycles. The Kier molecular flexibility index (Phi) is 16.3. The number of nitrogens with zero attached hydrogens (tertiary/aromatic N) is 6. The molecule has 9 rings (SSSR count). The maximum atomic E-state index is 13.6. The lowest BCUT2D eigenvalue weighted by Gasteiger charge is -2.36. The predicted octanol–water partition coefficient (Wildman–Crippen LogP) is 4.58. The van der Waals surface area contributed by atoms with Gasteiger partial charge < -0.3 is 43.2 Å². The molecule has 4 atom stereocenters. The lowest BCUT2D eigenvalue weighted by atomic mass is 9.74. The SMILES string of the molecule is CB1OB(C)OB(C)O1.Cc1cc(S(=O)(=O)N[C@@H]2COc3cc(F)c(Cl)cc3[C@@H]2O)cc(N2CC(C#N)C2)n1.N#CC1CN(c2cc(S(=O)(=O)N[C@@H]3COc4cc(F)c(Cl)cc4[C@@H]3O)cc(Cl)n2)C1. The Hall–Kier alpha value is -4.54. The van der Waals surface area contributed by atoms with Gasteiger partial charge in [-0.2, -0.15) is 10.5 Å². The van der Waals surface area contributed by atoms with E-state index in [1.165, 1.54) is 36.4 Å². The highest BCUT2D eigenvalue weighted by molar-refractivity contribution is 7.89. The van der Waals surface area contributed by atoms with Crippen molar-refractivity contribution < 1.29 is 59.0 Å². The van der Waals surface area contributed by atoms with Gasteiger partial charge in [0.15, 0.2) is 0 Å². The summed E-state index contributed by atoms with van der Waals surface area (Å²) in [6.07, 6.45) is -2.57. The molecule has 29 heteroatoms. The summed E-state index contributed by atoms with van der Waals surface area (Å²) in [6, 6.07) is 12.2. The van der Waals surface area contributed by atoms with E-state index in [2.05, 4.69) is 31.6 Å². The van der Waals surface area contributed by atoms with Crippen LogP contribution in [0.25, 0.3) is 0 Å². The Morgan fingerprint density at radius 3 is 1.46 bits per heavy atom. The molecular weight excluding hydrogens is 1010 g/mol. The fourth-order valence-electron chi connectivity index (χ4n) is 7.62. The van der Waals surface area contributed by atoms with E-state index in [1.54, 1.807) is 11.8 Å². The highest BCUT2D eigenvalue weighted by Gasteiger charge is 2.37. The molecular formula is C40H42B3Cl3F2N8O11S2. The molecule has 3 fully saturated rings. The van der Waals surface area contributed by atoms with Crippen LogP contribution < -0.4 is 28.7 Å². The largest absolute Gasteiger partial charge is 0.491 e. The number of aryl methyl sites for hydroxylation is 1. The number of rotatable bonds is 8. The first-order valence-corrected chi connectivity index (χ1v) is 25.2. The first-order chi connectivity index (χ1) is 32.5. The third-order valence-electron chi connectivity index (χ3n) is 11.2. The van der Waals surface area contributed by atoms with Crippen LogP contribution in [0.2, 0.25) is 35.7 Å². The number of halogens is 5. The van der Waals surface area contributed by atoms with Crippen LogP contribution in [0.15, 0.2) is 58.3 Å². The number of aliphatic hydroxyl groups excluding tert-OH is 2. The van der Waals surface area contributed by atoms with E-state index in [9.17, 15) is 35.8 Å². The van der Waals surface area contributed by atoms with Gasteiger partial charge in [0, 0.05) is 67.3 Å². The highest BCUT2D eigenvalue weighted by atomic mass is 35.5.